The van der Waals surface area contributed by atoms with Crippen LogP contribution >= 0.6 is 11.3 Å². The van der Waals surface area contributed by atoms with E-state index in [1.54, 1.807) is 23.7 Å². The summed E-state index contributed by atoms with van der Waals surface area (Å²) in [5.74, 6) is 6.72. The molecule has 0 aliphatic carbocycles. The van der Waals surface area contributed by atoms with Crippen LogP contribution in [0.1, 0.15) is 28.9 Å². The Morgan fingerprint density at radius 1 is 0.200 bits per heavy atom. The minimum Gasteiger partial charge on any atom is -0.455 e. The molecule has 0 aliphatic heterocycles. The Morgan fingerprint density at radius 2 is 0.521 bits per heavy atom. The molecule has 0 N–H and O–H groups in total. The van der Waals surface area contributed by atoms with Gasteiger partial charge in [0.25, 0.3) is 0 Å². The third kappa shape index (κ3) is 17.1. The molecule has 666 valence electrons. The summed E-state index contributed by atoms with van der Waals surface area (Å²) in [7, 11) is 0. The van der Waals surface area contributed by atoms with Gasteiger partial charge in [0.05, 0.1) is 45.1 Å². The van der Waals surface area contributed by atoms with Crippen LogP contribution in [0, 0.1) is 34.6 Å². The summed E-state index contributed by atoms with van der Waals surface area (Å²) in [6.45, 7) is 9.69. The van der Waals surface area contributed by atoms with Crippen molar-refractivity contribution < 1.29 is 17.7 Å². The zero-order valence-electron chi connectivity index (χ0n) is 76.5. The van der Waals surface area contributed by atoms with Crippen molar-refractivity contribution in [2.24, 2.45) is 0 Å². The van der Waals surface area contributed by atoms with Gasteiger partial charge in [-0.1, -0.05) is 303 Å². The molecule has 0 saturated heterocycles. The average Bonchev–Trinajstić information content (AvgIpc) is 1.61. The van der Waals surface area contributed by atoms with Crippen molar-refractivity contribution in [1.29, 1.82) is 0 Å². The highest BCUT2D eigenvalue weighted by molar-refractivity contribution is 7.26. The number of aryl methyl sites for hydroxylation is 5. The number of para-hydroxylation sites is 9. The second-order valence-corrected chi connectivity index (χ2v) is 34.9. The Morgan fingerprint density at radius 3 is 0.971 bits per heavy atom. The van der Waals surface area contributed by atoms with Crippen molar-refractivity contribution in [3.05, 3.63) is 436 Å². The van der Waals surface area contributed by atoms with Gasteiger partial charge >= 0.3 is 0 Å². The highest BCUT2D eigenvalue weighted by Crippen LogP contribution is 2.44. The van der Waals surface area contributed by atoms with Crippen LogP contribution in [0.25, 0.3) is 243 Å². The lowest BCUT2D eigenvalue weighted by Crippen LogP contribution is -1.99. The van der Waals surface area contributed by atoms with E-state index in [2.05, 4.69) is 244 Å². The summed E-state index contributed by atoms with van der Waals surface area (Å²) >= 11 is 1.79. The molecular formula is C121H82N14O4S. The van der Waals surface area contributed by atoms with Crippen molar-refractivity contribution in [3.63, 3.8) is 0 Å². The van der Waals surface area contributed by atoms with E-state index in [1.807, 2.05) is 240 Å². The fraction of sp³-hybridized carbons (Fsp3) is 0.0413. The standard InChI is InChI=1S/C40H25N3O2.C28H17N3O2.C22H15N3S.C16H13N3.C15H12N2/c1-24-41-39(27-20-16-25(17-21-27)29-10-6-12-33-31-8-2-4-14-35(31)44-37(29)33)43-40(42-24)28-22-18-26(19-23-28)30-11-7-13-34-32-9-3-5-15-36(32)45-38(30)34;1-16-29-27(21-12-6-10-19-17-8-2-4-14-23(17)32-25(19)21)31-28(30-16)22-13-7-11-20-18-9-3-5-15-24(18)33-26(20)22;1-14-23-21(15-8-3-2-4-9-15)25-22(24-14)18-12-7-11-17-16-10-5-6-13-19(16)26-20(17)18;1-12-10-15(13-6-2-4-8-17-13)19-16(11-12)14-7-3-5-9-18-14;1-11-16-14-10-6-5-9-13(14)15(17-11)12-7-3-2-4-8-12/h2-23H,1H3;2-15H,1H3;2-13H,1H3;2-11H,1H3;2-10H,1H3. The molecule has 0 fully saturated rings. The molecule has 0 aliphatic rings. The Labute approximate surface area is 807 Å². The molecule has 15 aromatic carbocycles. The summed E-state index contributed by atoms with van der Waals surface area (Å²) in [6, 6.07) is 133. The van der Waals surface area contributed by atoms with Gasteiger partial charge in [0.2, 0.25) is 0 Å². The van der Waals surface area contributed by atoms with Gasteiger partial charge < -0.3 is 17.7 Å². The number of pyridine rings is 3. The van der Waals surface area contributed by atoms with Crippen LogP contribution < -0.4 is 0 Å². The number of thiophene rings is 1. The normalized spacial score (nSPS) is 11.3. The van der Waals surface area contributed by atoms with E-state index in [9.17, 15) is 0 Å². The highest BCUT2D eigenvalue weighted by Gasteiger charge is 2.23. The van der Waals surface area contributed by atoms with Crippen LogP contribution in [0.15, 0.2) is 424 Å². The Hall–Kier alpha value is -18.5. The van der Waals surface area contributed by atoms with Crippen LogP contribution in [-0.4, -0.2) is 69.8 Å². The highest BCUT2D eigenvalue weighted by atomic mass is 32.1. The molecule has 0 saturated carbocycles. The van der Waals surface area contributed by atoms with Crippen LogP contribution in [0.3, 0.4) is 0 Å². The van der Waals surface area contributed by atoms with E-state index in [-0.39, 0.29) is 0 Å². The Balaban J connectivity index is 0.000000102. The lowest BCUT2D eigenvalue weighted by molar-refractivity contribution is 0.668. The van der Waals surface area contributed by atoms with E-state index in [0.717, 1.165) is 211 Å². The smallest absolute Gasteiger partial charge is 0.167 e. The Kier molecular flexibility index (Phi) is 22.9. The second-order valence-electron chi connectivity index (χ2n) is 33.9. The van der Waals surface area contributed by atoms with Crippen LogP contribution in [0.4, 0.5) is 0 Å². The number of furan rings is 4. The summed E-state index contributed by atoms with van der Waals surface area (Å²) in [5, 5.41) is 12.4. The van der Waals surface area contributed by atoms with Gasteiger partial charge in [-0.15, -0.1) is 11.3 Å². The summed E-state index contributed by atoms with van der Waals surface area (Å²) in [4.78, 5) is 64.7. The molecular weight excluding hydrogens is 1750 g/mol. The lowest BCUT2D eigenvalue weighted by atomic mass is 10.0. The first-order valence-corrected chi connectivity index (χ1v) is 46.8. The molecule has 0 amide bonds. The molecule has 19 heteroatoms. The van der Waals surface area contributed by atoms with Crippen molar-refractivity contribution >= 4 is 130 Å². The first-order chi connectivity index (χ1) is 68.9. The van der Waals surface area contributed by atoms with Crippen molar-refractivity contribution in [1.82, 2.24) is 69.8 Å². The van der Waals surface area contributed by atoms with Crippen LogP contribution in [-0.2, 0) is 0 Å². The quantitative estimate of drug-likeness (QED) is 0.117. The number of hydrogen-bond donors (Lipinski definition) is 0. The third-order valence-corrected chi connectivity index (χ3v) is 25.7. The number of aromatic nitrogens is 14. The van der Waals surface area contributed by atoms with Crippen molar-refractivity contribution in [2.45, 2.75) is 34.6 Å². The first-order valence-electron chi connectivity index (χ1n) is 46.0. The maximum atomic E-state index is 6.27. The van der Waals surface area contributed by atoms with Gasteiger partial charge in [0.1, 0.15) is 68.0 Å². The van der Waals surface area contributed by atoms with E-state index in [0.29, 0.717) is 40.8 Å². The molecule has 0 unspecified atom stereocenters. The first kappa shape index (κ1) is 85.7. The molecule has 18 nitrogen and oxygen atoms in total. The molecule has 27 rings (SSSR count). The van der Waals surface area contributed by atoms with Gasteiger partial charge in [-0.25, -0.2) is 59.8 Å². The lowest BCUT2D eigenvalue weighted by Gasteiger charge is -2.08. The number of nitrogens with zero attached hydrogens (tertiary/aromatic N) is 14. The molecule has 12 aromatic heterocycles. The fourth-order valence-electron chi connectivity index (χ4n) is 18.1. The van der Waals surface area contributed by atoms with Crippen LogP contribution in [0.2, 0.25) is 0 Å². The zero-order chi connectivity index (χ0) is 94.1. The van der Waals surface area contributed by atoms with Crippen molar-refractivity contribution in [2.75, 3.05) is 0 Å². The zero-order valence-corrected chi connectivity index (χ0v) is 77.3. The summed E-state index contributed by atoms with van der Waals surface area (Å²) in [5.41, 5.74) is 24.5. The molecule has 0 spiro atoms. The molecule has 12 heterocycles. The summed E-state index contributed by atoms with van der Waals surface area (Å²) < 4.78 is 27.5. The monoisotopic (exact) mass is 1830 g/mol. The second kappa shape index (κ2) is 37.4. The largest absolute Gasteiger partial charge is 0.455 e. The minimum absolute atomic E-state index is 0.579. The SMILES string of the molecule is Cc1cc(-c2ccccn2)nc(-c2ccccn2)c1.Cc1nc(-c2ccc(-c3cccc4c3oc3ccccc34)cc2)nc(-c2ccc(-c3cccc4c3oc3ccccc34)cc2)n1.Cc1nc(-c2cccc3c2oc2ccccc23)nc(-c2cccc3c2oc2ccccc23)n1.Cc1nc(-c2ccccc2)c2ccccc2n1.Cc1nc(-c2ccccc2)nc(-c2cccc3c2sc2ccccc23)n1. The molecule has 27 aromatic rings. The Bertz CT molecular complexity index is 8970. The predicted octanol–water partition coefficient (Wildman–Crippen LogP) is 31.0. The number of rotatable bonds is 11. The molecule has 0 bridgehead atoms. The number of hydrogen-bond acceptors (Lipinski definition) is 19. The number of fused-ring (bicyclic) bond motifs is 16. The van der Waals surface area contributed by atoms with Crippen LogP contribution in [0.5, 0.6) is 0 Å². The molecule has 0 radical (unpaired) electrons. The van der Waals surface area contributed by atoms with Crippen molar-refractivity contribution in [3.8, 4) is 125 Å². The van der Waals surface area contributed by atoms with Gasteiger partial charge in [-0.3, -0.25) is 9.97 Å². The molecule has 0 atom stereocenters. The maximum absolute atomic E-state index is 6.27. The van der Waals surface area contributed by atoms with Gasteiger partial charge in [-0.2, -0.15) is 0 Å². The maximum Gasteiger partial charge on any atom is 0.167 e. The van der Waals surface area contributed by atoms with E-state index < -0.39 is 0 Å². The van der Waals surface area contributed by atoms with E-state index in [1.165, 1.54) is 20.2 Å². The predicted molar refractivity (Wildman–Crippen MR) is 564 cm³/mol. The fourth-order valence-corrected chi connectivity index (χ4v) is 19.3. The number of benzene rings is 15. The van der Waals surface area contributed by atoms with E-state index in [4.69, 9.17) is 32.6 Å². The minimum atomic E-state index is 0.579. The van der Waals surface area contributed by atoms with E-state index >= 15 is 0 Å². The average molecular weight is 1830 g/mol. The topological polar surface area (TPSA) is 233 Å². The van der Waals surface area contributed by atoms with Gasteiger partial charge in [-0.05, 0) is 142 Å². The molecule has 140 heavy (non-hydrogen) atoms. The van der Waals surface area contributed by atoms with Gasteiger partial charge in [0.15, 0.2) is 34.9 Å². The summed E-state index contributed by atoms with van der Waals surface area (Å²) in [6.07, 6.45) is 3.56. The third-order valence-electron chi connectivity index (χ3n) is 24.5. The van der Waals surface area contributed by atoms with Gasteiger partial charge in [0, 0.05) is 120 Å².